The largest absolute Gasteiger partial charge is 0.309 e. The molecular weight excluding hydrogens is 165 g/mol. The Kier molecular flexibility index (Phi) is 3.22. The number of hydrogen-bond donors (Lipinski definition) is 0. The summed E-state index contributed by atoms with van der Waals surface area (Å²) in [5.74, 6) is -0.240. The van der Waals surface area contributed by atoms with Gasteiger partial charge >= 0.3 is 0 Å². The first-order chi connectivity index (χ1) is 6.22. The van der Waals surface area contributed by atoms with Gasteiger partial charge in [-0.25, -0.2) is 11.0 Å². The first-order valence-corrected chi connectivity index (χ1v) is 4.02. The van der Waals surface area contributed by atoms with Gasteiger partial charge in [-0.05, 0) is 23.8 Å². The van der Waals surface area contributed by atoms with Gasteiger partial charge in [-0.15, -0.1) is 0 Å². The van der Waals surface area contributed by atoms with Gasteiger partial charge in [0.1, 0.15) is 5.82 Å². The predicted molar refractivity (Wildman–Crippen MR) is 51.5 cm³/mol. The lowest BCUT2D eigenvalue weighted by atomic mass is 10.2. The highest BCUT2D eigenvalue weighted by atomic mass is 19.1. The van der Waals surface area contributed by atoms with Crippen molar-refractivity contribution in [3.63, 3.8) is 0 Å². The second-order valence-corrected chi connectivity index (χ2v) is 2.78. The molecule has 0 bridgehead atoms. The van der Waals surface area contributed by atoms with Crippen LogP contribution in [0.2, 0.25) is 0 Å². The molecule has 0 aliphatic carbocycles. The molecule has 66 valence electrons. The molecule has 0 fully saturated rings. The van der Waals surface area contributed by atoms with Gasteiger partial charge in [-0.1, -0.05) is 18.2 Å². The molecule has 0 aliphatic heterocycles. The fourth-order valence-electron chi connectivity index (χ4n) is 0.867. The predicted octanol–water partition coefficient (Wildman–Crippen LogP) is 3.15. The van der Waals surface area contributed by atoms with Crippen LogP contribution in [0.5, 0.6) is 0 Å². The molecular formula is C11H10FN. The Balaban J connectivity index is 2.71. The number of benzene rings is 1. The number of rotatable bonds is 2. The van der Waals surface area contributed by atoms with Crippen LogP contribution in [0.25, 0.3) is 10.9 Å². The van der Waals surface area contributed by atoms with Crippen molar-refractivity contribution in [2.75, 3.05) is 0 Å². The molecule has 1 aromatic carbocycles. The first kappa shape index (κ1) is 9.47. The molecule has 1 rings (SSSR count). The van der Waals surface area contributed by atoms with Crippen LogP contribution in [-0.2, 0) is 0 Å². The monoisotopic (exact) mass is 175 g/mol. The van der Waals surface area contributed by atoms with Crippen LogP contribution >= 0.6 is 0 Å². The lowest BCUT2D eigenvalue weighted by Gasteiger charge is -1.92. The Bertz CT molecular complexity index is 332. The van der Waals surface area contributed by atoms with Crippen LogP contribution in [0.3, 0.4) is 0 Å². The zero-order valence-electron chi connectivity index (χ0n) is 7.37. The van der Waals surface area contributed by atoms with Crippen LogP contribution in [0.1, 0.15) is 12.5 Å². The summed E-state index contributed by atoms with van der Waals surface area (Å²) in [4.78, 5) is 3.31. The van der Waals surface area contributed by atoms with Crippen molar-refractivity contribution in [1.82, 2.24) is 0 Å². The van der Waals surface area contributed by atoms with Crippen LogP contribution in [0, 0.1) is 12.4 Å². The fraction of sp³-hybridized carbons (Fsp3) is 0.182. The summed E-state index contributed by atoms with van der Waals surface area (Å²) in [5.41, 5.74) is 0.914. The average Bonchev–Trinajstić information content (AvgIpc) is 2.16. The third kappa shape index (κ3) is 3.08. The maximum absolute atomic E-state index is 12.5. The molecule has 0 saturated heterocycles. The molecule has 1 nitrogen and oxygen atoms in total. The molecule has 0 heterocycles. The number of nitrogens with zero attached hydrogens (tertiary/aromatic N) is 1. The van der Waals surface area contributed by atoms with Gasteiger partial charge in [0.05, 0.1) is 0 Å². The summed E-state index contributed by atoms with van der Waals surface area (Å²) in [7, 11) is 0. The molecule has 0 saturated carbocycles. The smallest absolute Gasteiger partial charge is 0.239 e. The van der Waals surface area contributed by atoms with Crippen LogP contribution in [0.4, 0.5) is 4.39 Å². The van der Waals surface area contributed by atoms with E-state index in [0.717, 1.165) is 5.56 Å². The van der Waals surface area contributed by atoms with Crippen LogP contribution in [0.15, 0.2) is 30.3 Å². The van der Waals surface area contributed by atoms with Gasteiger partial charge in [0.2, 0.25) is 6.04 Å². The van der Waals surface area contributed by atoms with E-state index < -0.39 is 0 Å². The van der Waals surface area contributed by atoms with Crippen LogP contribution < -0.4 is 0 Å². The normalized spacial score (nSPS) is 12.7. The lowest BCUT2D eigenvalue weighted by molar-refractivity contribution is 0.628. The van der Waals surface area contributed by atoms with E-state index in [0.29, 0.717) is 0 Å². The molecule has 0 aliphatic rings. The van der Waals surface area contributed by atoms with Crippen molar-refractivity contribution in [3.8, 4) is 0 Å². The average molecular weight is 175 g/mol. The van der Waals surface area contributed by atoms with Crippen molar-refractivity contribution in [1.29, 1.82) is 0 Å². The first-order valence-electron chi connectivity index (χ1n) is 4.02. The van der Waals surface area contributed by atoms with Crippen molar-refractivity contribution < 1.29 is 4.39 Å². The number of halogens is 1. The highest BCUT2D eigenvalue weighted by molar-refractivity contribution is 5.49. The number of hydrogen-bond acceptors (Lipinski definition) is 0. The molecule has 0 radical (unpaired) electrons. The summed E-state index contributed by atoms with van der Waals surface area (Å²) in [6, 6.07) is 6.06. The third-order valence-electron chi connectivity index (χ3n) is 1.64. The van der Waals surface area contributed by atoms with E-state index >= 15 is 0 Å². The Hall–Kier alpha value is -1.62. The maximum atomic E-state index is 12.5. The van der Waals surface area contributed by atoms with Gasteiger partial charge in [-0.2, -0.15) is 0 Å². The Morgan fingerprint density at radius 2 is 2.00 bits per heavy atom. The highest BCUT2D eigenvalue weighted by Crippen LogP contribution is 2.05. The minimum absolute atomic E-state index is 0.120. The van der Waals surface area contributed by atoms with E-state index in [1.54, 1.807) is 18.2 Å². The third-order valence-corrected chi connectivity index (χ3v) is 1.64. The summed E-state index contributed by atoms with van der Waals surface area (Å²) in [6.45, 7) is 8.53. The highest BCUT2D eigenvalue weighted by Gasteiger charge is 1.95. The minimum atomic E-state index is -0.240. The van der Waals surface area contributed by atoms with E-state index in [1.807, 2.05) is 13.0 Å². The fourth-order valence-corrected chi connectivity index (χ4v) is 0.867. The molecule has 1 unspecified atom stereocenters. The van der Waals surface area contributed by atoms with Crippen LogP contribution in [-0.4, -0.2) is 6.04 Å². The Morgan fingerprint density at radius 1 is 1.38 bits per heavy atom. The van der Waals surface area contributed by atoms with Crippen molar-refractivity contribution in [3.05, 3.63) is 53.1 Å². The van der Waals surface area contributed by atoms with E-state index in [2.05, 4.69) is 4.85 Å². The minimum Gasteiger partial charge on any atom is -0.309 e. The standard InChI is InChI=1S/C11H10FN/c1-9(13-2)3-4-10-5-7-11(12)8-6-10/h3-9H,1H3/b4-3+. The van der Waals surface area contributed by atoms with Gasteiger partial charge in [0.15, 0.2) is 0 Å². The van der Waals surface area contributed by atoms with Gasteiger partial charge < -0.3 is 4.85 Å². The maximum Gasteiger partial charge on any atom is 0.239 e. The molecule has 0 N–H and O–H groups in total. The second-order valence-electron chi connectivity index (χ2n) is 2.78. The van der Waals surface area contributed by atoms with Gasteiger partial charge in [0, 0.05) is 6.92 Å². The van der Waals surface area contributed by atoms with Gasteiger partial charge in [-0.3, -0.25) is 0 Å². The molecule has 1 aromatic rings. The van der Waals surface area contributed by atoms with Crippen molar-refractivity contribution >= 4 is 6.08 Å². The van der Waals surface area contributed by atoms with E-state index in [1.165, 1.54) is 12.1 Å². The lowest BCUT2D eigenvalue weighted by Crippen LogP contribution is -1.85. The van der Waals surface area contributed by atoms with E-state index in [9.17, 15) is 4.39 Å². The van der Waals surface area contributed by atoms with E-state index in [4.69, 9.17) is 6.57 Å². The molecule has 1 atom stereocenters. The molecule has 0 amide bonds. The molecule has 0 aromatic heterocycles. The molecule has 2 heteroatoms. The second kappa shape index (κ2) is 4.42. The summed E-state index contributed by atoms with van der Waals surface area (Å²) >= 11 is 0. The van der Waals surface area contributed by atoms with E-state index in [-0.39, 0.29) is 11.9 Å². The zero-order chi connectivity index (χ0) is 9.68. The molecule has 13 heavy (non-hydrogen) atoms. The SMILES string of the molecule is [C-]#[N+]C(C)/C=C/c1ccc(F)cc1. The summed E-state index contributed by atoms with van der Waals surface area (Å²) in [6.07, 6.45) is 3.61. The Morgan fingerprint density at radius 3 is 2.54 bits per heavy atom. The van der Waals surface area contributed by atoms with Crippen molar-refractivity contribution in [2.45, 2.75) is 13.0 Å². The van der Waals surface area contributed by atoms with Crippen molar-refractivity contribution in [2.24, 2.45) is 0 Å². The summed E-state index contributed by atoms with van der Waals surface area (Å²) in [5, 5.41) is 0. The van der Waals surface area contributed by atoms with Gasteiger partial charge in [0.25, 0.3) is 0 Å². The summed E-state index contributed by atoms with van der Waals surface area (Å²) < 4.78 is 12.5. The topological polar surface area (TPSA) is 4.36 Å². The quantitative estimate of drug-likeness (QED) is 0.608. The Labute approximate surface area is 77.3 Å². The molecule has 0 spiro atoms. The zero-order valence-corrected chi connectivity index (χ0v) is 7.37.